The summed E-state index contributed by atoms with van der Waals surface area (Å²) in [5, 5.41) is 3.07. The molecule has 6 nitrogen and oxygen atoms in total. The van der Waals surface area contributed by atoms with Gasteiger partial charge in [0.15, 0.2) is 0 Å². The fourth-order valence-corrected chi connectivity index (χ4v) is 1.42. The topological polar surface area (TPSA) is 80.9 Å². The van der Waals surface area contributed by atoms with Crippen LogP contribution < -0.4 is 21.3 Å². The number of nitrogens with two attached hydrogens (primary N) is 1. The van der Waals surface area contributed by atoms with E-state index in [-0.39, 0.29) is 6.04 Å². The van der Waals surface area contributed by atoms with Gasteiger partial charge in [-0.05, 0) is 31.2 Å². The van der Waals surface area contributed by atoms with Gasteiger partial charge in [-0.1, -0.05) is 0 Å². The van der Waals surface area contributed by atoms with Crippen molar-refractivity contribution in [2.45, 2.75) is 13.0 Å². The normalized spacial score (nSPS) is 13.0. The van der Waals surface area contributed by atoms with Crippen LogP contribution in [0.2, 0.25) is 0 Å². The van der Waals surface area contributed by atoms with E-state index in [0.29, 0.717) is 12.6 Å². The largest absolute Gasteiger partial charge is 0.497 e. The maximum Gasteiger partial charge on any atom is 0.210 e. The van der Waals surface area contributed by atoms with Crippen LogP contribution in [0.5, 0.6) is 5.75 Å². The van der Waals surface area contributed by atoms with E-state index < -0.39 is 0 Å². The third-order valence-corrected chi connectivity index (χ3v) is 2.25. The number of guanidine groups is 1. The predicted molar refractivity (Wildman–Crippen MR) is 72.7 cm³/mol. The molecule has 6 heteroatoms. The molecule has 1 atom stereocenters. The molecule has 1 aromatic rings. The van der Waals surface area contributed by atoms with E-state index in [4.69, 9.17) is 15.3 Å². The van der Waals surface area contributed by atoms with E-state index in [9.17, 15) is 0 Å². The molecule has 0 heterocycles. The van der Waals surface area contributed by atoms with Gasteiger partial charge in [-0.3, -0.25) is 5.43 Å². The lowest BCUT2D eigenvalue weighted by molar-refractivity contribution is 0.185. The van der Waals surface area contributed by atoms with Crippen LogP contribution >= 0.6 is 0 Å². The van der Waals surface area contributed by atoms with E-state index in [1.807, 2.05) is 31.2 Å². The van der Waals surface area contributed by atoms with Gasteiger partial charge in [-0.25, -0.2) is 10.8 Å². The molecule has 0 saturated heterocycles. The van der Waals surface area contributed by atoms with Crippen molar-refractivity contribution in [1.29, 1.82) is 0 Å². The predicted octanol–water partition coefficient (Wildman–Crippen LogP) is 0.961. The average molecular weight is 252 g/mol. The summed E-state index contributed by atoms with van der Waals surface area (Å²) in [7, 11) is 3.27. The lowest BCUT2D eigenvalue weighted by Crippen LogP contribution is -2.37. The Labute approximate surface area is 107 Å². The highest BCUT2D eigenvalue weighted by atomic mass is 16.5. The minimum absolute atomic E-state index is 0.0202. The molecule has 4 N–H and O–H groups in total. The first kappa shape index (κ1) is 14.3. The van der Waals surface area contributed by atoms with Crippen LogP contribution in [-0.4, -0.2) is 32.8 Å². The molecule has 0 aliphatic carbocycles. The quantitative estimate of drug-likeness (QED) is 0.315. The van der Waals surface area contributed by atoms with Crippen molar-refractivity contribution in [3.63, 3.8) is 0 Å². The zero-order valence-electron chi connectivity index (χ0n) is 10.9. The number of hydrazine groups is 1. The van der Waals surface area contributed by atoms with E-state index in [2.05, 4.69) is 15.7 Å². The smallest absolute Gasteiger partial charge is 0.210 e. The maximum absolute atomic E-state index is 5.41. The Morgan fingerprint density at radius 1 is 1.33 bits per heavy atom. The Balaban J connectivity index is 2.66. The zero-order chi connectivity index (χ0) is 13.4. The van der Waals surface area contributed by atoms with Gasteiger partial charge in [0, 0.05) is 12.8 Å². The van der Waals surface area contributed by atoms with Gasteiger partial charge in [-0.2, -0.15) is 0 Å². The number of nitrogens with zero attached hydrogens (tertiary/aromatic N) is 1. The molecule has 0 aliphatic rings. The van der Waals surface area contributed by atoms with E-state index in [1.54, 1.807) is 14.2 Å². The highest BCUT2D eigenvalue weighted by Crippen LogP contribution is 2.14. The lowest BCUT2D eigenvalue weighted by atomic mass is 10.3. The second-order valence-corrected chi connectivity index (χ2v) is 3.78. The molecule has 18 heavy (non-hydrogen) atoms. The van der Waals surface area contributed by atoms with Gasteiger partial charge >= 0.3 is 0 Å². The number of methoxy groups -OCH3 is 2. The first-order valence-corrected chi connectivity index (χ1v) is 5.64. The third-order valence-electron chi connectivity index (χ3n) is 2.25. The second kappa shape index (κ2) is 7.52. The fourth-order valence-electron chi connectivity index (χ4n) is 1.42. The summed E-state index contributed by atoms with van der Waals surface area (Å²) in [6.07, 6.45) is 0. The number of nitrogens with one attached hydrogen (secondary N) is 2. The van der Waals surface area contributed by atoms with Gasteiger partial charge in [0.1, 0.15) is 5.75 Å². The summed E-state index contributed by atoms with van der Waals surface area (Å²) >= 11 is 0. The SMILES string of the molecule is COCC(C)N=C(NN)Nc1ccc(OC)cc1. The van der Waals surface area contributed by atoms with E-state index >= 15 is 0 Å². The number of rotatable bonds is 5. The highest BCUT2D eigenvalue weighted by Gasteiger charge is 2.02. The van der Waals surface area contributed by atoms with Crippen molar-refractivity contribution in [2.24, 2.45) is 10.8 Å². The molecule has 0 radical (unpaired) electrons. The van der Waals surface area contributed by atoms with Crippen molar-refractivity contribution in [2.75, 3.05) is 26.1 Å². The molecule has 1 aromatic carbocycles. The Morgan fingerprint density at radius 3 is 2.50 bits per heavy atom. The van der Waals surface area contributed by atoms with Gasteiger partial charge in [0.05, 0.1) is 19.8 Å². The molecule has 0 spiro atoms. The monoisotopic (exact) mass is 252 g/mol. The molecular weight excluding hydrogens is 232 g/mol. The Hall–Kier alpha value is -1.79. The van der Waals surface area contributed by atoms with E-state index in [1.165, 1.54) is 0 Å². The van der Waals surface area contributed by atoms with Gasteiger partial charge in [-0.15, -0.1) is 0 Å². The molecule has 0 aliphatic heterocycles. The van der Waals surface area contributed by atoms with Gasteiger partial charge in [0.2, 0.25) is 5.96 Å². The summed E-state index contributed by atoms with van der Waals surface area (Å²) in [5.41, 5.74) is 3.39. The van der Waals surface area contributed by atoms with Crippen molar-refractivity contribution < 1.29 is 9.47 Å². The Morgan fingerprint density at radius 2 is 2.00 bits per heavy atom. The highest BCUT2D eigenvalue weighted by molar-refractivity contribution is 5.93. The van der Waals surface area contributed by atoms with Crippen LogP contribution in [-0.2, 0) is 4.74 Å². The Bertz CT molecular complexity index is 378. The number of aliphatic imine (C=N–C) groups is 1. The average Bonchev–Trinajstić information content (AvgIpc) is 2.39. The summed E-state index contributed by atoms with van der Waals surface area (Å²) in [6, 6.07) is 7.50. The summed E-state index contributed by atoms with van der Waals surface area (Å²) in [5.74, 6) is 6.70. The molecule has 100 valence electrons. The fraction of sp³-hybridized carbons (Fsp3) is 0.417. The van der Waals surface area contributed by atoms with Crippen LogP contribution in [0.4, 0.5) is 5.69 Å². The number of benzene rings is 1. The summed E-state index contributed by atoms with van der Waals surface area (Å²) in [4.78, 5) is 4.34. The number of ether oxygens (including phenoxy) is 2. The first-order valence-electron chi connectivity index (χ1n) is 5.64. The minimum atomic E-state index is 0.0202. The minimum Gasteiger partial charge on any atom is -0.497 e. The lowest BCUT2D eigenvalue weighted by Gasteiger charge is -2.12. The van der Waals surface area contributed by atoms with Crippen molar-refractivity contribution in [3.05, 3.63) is 24.3 Å². The molecule has 0 aromatic heterocycles. The van der Waals surface area contributed by atoms with Gasteiger partial charge < -0.3 is 14.8 Å². The standard InChI is InChI=1S/C12H20N4O2/c1-9(8-17-2)14-12(16-13)15-10-4-6-11(18-3)7-5-10/h4-7,9H,8,13H2,1-3H3,(H2,14,15,16). The van der Waals surface area contributed by atoms with Crippen LogP contribution in [0.3, 0.4) is 0 Å². The molecule has 0 amide bonds. The van der Waals surface area contributed by atoms with Gasteiger partial charge in [0.25, 0.3) is 0 Å². The van der Waals surface area contributed by atoms with E-state index in [0.717, 1.165) is 11.4 Å². The molecule has 0 bridgehead atoms. The second-order valence-electron chi connectivity index (χ2n) is 3.78. The van der Waals surface area contributed by atoms with Crippen molar-refractivity contribution in [3.8, 4) is 5.75 Å². The third kappa shape index (κ3) is 4.60. The molecular formula is C12H20N4O2. The number of hydrogen-bond donors (Lipinski definition) is 3. The Kier molecular flexibility index (Phi) is 5.96. The van der Waals surface area contributed by atoms with Crippen LogP contribution in [0.15, 0.2) is 29.3 Å². The number of anilines is 1. The zero-order valence-corrected chi connectivity index (χ0v) is 10.9. The summed E-state index contributed by atoms with van der Waals surface area (Å²) in [6.45, 7) is 2.48. The molecule has 0 fully saturated rings. The van der Waals surface area contributed by atoms with Crippen molar-refractivity contribution in [1.82, 2.24) is 5.43 Å². The first-order chi connectivity index (χ1) is 8.69. The van der Waals surface area contributed by atoms with Crippen LogP contribution in [0.25, 0.3) is 0 Å². The van der Waals surface area contributed by atoms with Crippen LogP contribution in [0.1, 0.15) is 6.92 Å². The van der Waals surface area contributed by atoms with Crippen molar-refractivity contribution >= 4 is 11.6 Å². The molecule has 0 saturated carbocycles. The molecule has 1 unspecified atom stereocenters. The maximum atomic E-state index is 5.41. The molecule has 1 rings (SSSR count). The number of hydrogen-bond acceptors (Lipinski definition) is 4. The van der Waals surface area contributed by atoms with Crippen LogP contribution in [0, 0.1) is 0 Å². The summed E-state index contributed by atoms with van der Waals surface area (Å²) < 4.78 is 10.1.